The van der Waals surface area contributed by atoms with Gasteiger partial charge < -0.3 is 11.1 Å². The van der Waals surface area contributed by atoms with Crippen molar-refractivity contribution in [3.05, 3.63) is 96.6 Å². The number of hydrogen-bond acceptors (Lipinski definition) is 2. The van der Waals surface area contributed by atoms with Crippen molar-refractivity contribution in [3.63, 3.8) is 0 Å². The molecule has 3 aromatic rings. The molecule has 0 heterocycles. The molecule has 0 spiro atoms. The summed E-state index contributed by atoms with van der Waals surface area (Å²) in [6.07, 6.45) is 7.12. The quantitative estimate of drug-likeness (QED) is 0.672. The molecule has 2 heteroatoms. The zero-order chi connectivity index (χ0) is 16.4. The van der Waals surface area contributed by atoms with Crippen LogP contribution in [0.15, 0.2) is 91.0 Å². The van der Waals surface area contributed by atoms with Crippen LogP contribution in [0.2, 0.25) is 0 Å². The molecule has 0 saturated heterocycles. The van der Waals surface area contributed by atoms with Gasteiger partial charge in [-0.15, -0.1) is 0 Å². The van der Waals surface area contributed by atoms with Crippen molar-refractivity contribution in [2.45, 2.75) is 12.1 Å². The average Bonchev–Trinajstić information content (AvgIpc) is 2.63. The second kappa shape index (κ2) is 5.99. The highest BCUT2D eigenvalue weighted by atomic mass is 15.1. The minimum absolute atomic E-state index is 0.567. The van der Waals surface area contributed by atoms with E-state index in [1.165, 1.54) is 21.9 Å². The van der Waals surface area contributed by atoms with E-state index in [1.807, 2.05) is 6.07 Å². The maximum Gasteiger partial charge on any atom is 0.109 e. The molecule has 0 aromatic heterocycles. The first-order valence-corrected chi connectivity index (χ1v) is 8.23. The van der Waals surface area contributed by atoms with Crippen molar-refractivity contribution in [3.8, 4) is 0 Å². The van der Waals surface area contributed by atoms with Crippen LogP contribution in [0.1, 0.15) is 12.0 Å². The van der Waals surface area contributed by atoms with Crippen LogP contribution in [-0.2, 0) is 0 Å². The molecule has 0 radical (unpaired) electrons. The first-order valence-electron chi connectivity index (χ1n) is 8.23. The first kappa shape index (κ1) is 14.7. The molecule has 2 nitrogen and oxygen atoms in total. The molecule has 24 heavy (non-hydrogen) atoms. The predicted molar refractivity (Wildman–Crippen MR) is 103 cm³/mol. The van der Waals surface area contributed by atoms with Gasteiger partial charge >= 0.3 is 0 Å². The van der Waals surface area contributed by atoms with E-state index in [1.54, 1.807) is 0 Å². The monoisotopic (exact) mass is 312 g/mol. The highest BCUT2D eigenvalue weighted by Crippen LogP contribution is 2.30. The molecule has 118 valence electrons. The van der Waals surface area contributed by atoms with Crippen molar-refractivity contribution < 1.29 is 0 Å². The largest absolute Gasteiger partial charge is 0.363 e. The lowest BCUT2D eigenvalue weighted by Crippen LogP contribution is -2.46. The number of nitrogens with one attached hydrogen (secondary N) is 1. The van der Waals surface area contributed by atoms with Gasteiger partial charge in [0.2, 0.25) is 0 Å². The second-order valence-corrected chi connectivity index (χ2v) is 6.26. The fraction of sp³-hybridized carbons (Fsp3) is 0.0909. The minimum atomic E-state index is -0.567. The van der Waals surface area contributed by atoms with Crippen molar-refractivity contribution in [2.24, 2.45) is 5.73 Å². The van der Waals surface area contributed by atoms with Crippen LogP contribution in [0.5, 0.6) is 0 Å². The summed E-state index contributed by atoms with van der Waals surface area (Å²) in [5, 5.41) is 5.92. The Balaban J connectivity index is 1.60. The van der Waals surface area contributed by atoms with E-state index in [2.05, 4.69) is 90.3 Å². The number of rotatable bonds is 3. The Morgan fingerprint density at radius 1 is 0.833 bits per heavy atom. The number of hydrogen-bond donors (Lipinski definition) is 2. The summed E-state index contributed by atoms with van der Waals surface area (Å²) in [6, 6.07) is 25.0. The van der Waals surface area contributed by atoms with E-state index < -0.39 is 5.66 Å². The number of benzene rings is 3. The van der Waals surface area contributed by atoms with Crippen LogP contribution in [0.25, 0.3) is 16.3 Å². The zero-order valence-electron chi connectivity index (χ0n) is 13.4. The third-order valence-electron chi connectivity index (χ3n) is 4.48. The van der Waals surface area contributed by atoms with Gasteiger partial charge in [-0.05, 0) is 28.7 Å². The van der Waals surface area contributed by atoms with Crippen LogP contribution >= 0.6 is 0 Å². The van der Waals surface area contributed by atoms with E-state index in [9.17, 15) is 0 Å². The smallest absolute Gasteiger partial charge is 0.109 e. The molecular formula is C22H20N2. The van der Waals surface area contributed by atoms with Crippen molar-refractivity contribution in [1.82, 2.24) is 0 Å². The first-order chi connectivity index (χ1) is 11.7. The summed E-state index contributed by atoms with van der Waals surface area (Å²) in [6.45, 7) is 0. The molecule has 0 bridgehead atoms. The summed E-state index contributed by atoms with van der Waals surface area (Å²) in [5.41, 5.74) is 9.52. The molecule has 1 unspecified atom stereocenters. The molecule has 0 fully saturated rings. The topological polar surface area (TPSA) is 38.0 Å². The van der Waals surface area contributed by atoms with Gasteiger partial charge in [-0.25, -0.2) is 0 Å². The number of anilines is 1. The summed E-state index contributed by atoms with van der Waals surface area (Å²) >= 11 is 0. The standard InChI is InChI=1S/C22H20N2/c23-22(15-13-18(14-16-22)17-7-2-1-3-8-17)24-21-12-6-10-19-9-4-5-11-20(19)21/h1-15,24H,16,23H2. The van der Waals surface area contributed by atoms with E-state index in [0.29, 0.717) is 0 Å². The molecule has 1 aliphatic carbocycles. The van der Waals surface area contributed by atoms with Crippen LogP contribution < -0.4 is 11.1 Å². The Labute approximate surface area is 142 Å². The summed E-state index contributed by atoms with van der Waals surface area (Å²) in [7, 11) is 0. The molecule has 0 amide bonds. The minimum Gasteiger partial charge on any atom is -0.363 e. The summed E-state index contributed by atoms with van der Waals surface area (Å²) in [5.74, 6) is 0. The molecule has 0 aliphatic heterocycles. The van der Waals surface area contributed by atoms with Gasteiger partial charge in [0, 0.05) is 17.5 Å². The fourth-order valence-corrected chi connectivity index (χ4v) is 3.18. The van der Waals surface area contributed by atoms with Crippen LogP contribution in [0, 0.1) is 0 Å². The Bertz CT molecular complexity index is 920. The Hall–Kier alpha value is -2.84. The molecule has 3 N–H and O–H groups in total. The van der Waals surface area contributed by atoms with E-state index in [4.69, 9.17) is 5.73 Å². The highest BCUT2D eigenvalue weighted by Gasteiger charge is 2.23. The molecule has 4 rings (SSSR count). The van der Waals surface area contributed by atoms with Crippen molar-refractivity contribution in [1.29, 1.82) is 0 Å². The normalized spacial score (nSPS) is 20.0. The van der Waals surface area contributed by atoms with E-state index in [-0.39, 0.29) is 0 Å². The van der Waals surface area contributed by atoms with Gasteiger partial charge in [0.15, 0.2) is 0 Å². The SMILES string of the molecule is NC1(Nc2cccc3ccccc23)C=CC(c2ccccc2)=CC1. The average molecular weight is 312 g/mol. The highest BCUT2D eigenvalue weighted by molar-refractivity contribution is 5.94. The molecule has 0 saturated carbocycles. The lowest BCUT2D eigenvalue weighted by atomic mass is 9.93. The molecular weight excluding hydrogens is 292 g/mol. The Kier molecular flexibility index (Phi) is 3.68. The van der Waals surface area contributed by atoms with E-state index >= 15 is 0 Å². The van der Waals surface area contributed by atoms with E-state index in [0.717, 1.165) is 12.1 Å². The van der Waals surface area contributed by atoms with Crippen LogP contribution in [0.4, 0.5) is 5.69 Å². The molecule has 1 aliphatic rings. The van der Waals surface area contributed by atoms with Gasteiger partial charge in [-0.3, -0.25) is 0 Å². The Morgan fingerprint density at radius 3 is 2.38 bits per heavy atom. The van der Waals surface area contributed by atoms with Gasteiger partial charge in [0.05, 0.1) is 0 Å². The van der Waals surface area contributed by atoms with Crippen molar-refractivity contribution in [2.75, 3.05) is 5.32 Å². The summed E-state index contributed by atoms with van der Waals surface area (Å²) in [4.78, 5) is 0. The maximum atomic E-state index is 6.58. The summed E-state index contributed by atoms with van der Waals surface area (Å²) < 4.78 is 0. The maximum absolute atomic E-state index is 6.58. The van der Waals surface area contributed by atoms with Gasteiger partial charge in [0.25, 0.3) is 0 Å². The lowest BCUT2D eigenvalue weighted by Gasteiger charge is -2.31. The molecule has 3 aromatic carbocycles. The van der Waals surface area contributed by atoms with Crippen molar-refractivity contribution >= 4 is 22.0 Å². The Morgan fingerprint density at radius 2 is 1.58 bits per heavy atom. The third kappa shape index (κ3) is 2.84. The van der Waals surface area contributed by atoms with Gasteiger partial charge in [-0.1, -0.05) is 78.9 Å². The number of allylic oxidation sites excluding steroid dienone is 2. The van der Waals surface area contributed by atoms with Gasteiger partial charge in [-0.2, -0.15) is 0 Å². The number of nitrogens with two attached hydrogens (primary N) is 1. The fourth-order valence-electron chi connectivity index (χ4n) is 3.18. The third-order valence-corrected chi connectivity index (χ3v) is 4.48. The van der Waals surface area contributed by atoms with Crippen LogP contribution in [-0.4, -0.2) is 5.66 Å². The predicted octanol–water partition coefficient (Wildman–Crippen LogP) is 4.95. The number of fused-ring (bicyclic) bond motifs is 1. The van der Waals surface area contributed by atoms with Gasteiger partial charge in [0.1, 0.15) is 5.66 Å². The zero-order valence-corrected chi connectivity index (χ0v) is 13.4. The second-order valence-electron chi connectivity index (χ2n) is 6.26. The lowest BCUT2D eigenvalue weighted by molar-refractivity contribution is 0.609. The van der Waals surface area contributed by atoms with Crippen LogP contribution in [0.3, 0.4) is 0 Å². The molecule has 1 atom stereocenters.